The van der Waals surface area contributed by atoms with Crippen LogP contribution < -0.4 is 5.32 Å². The van der Waals surface area contributed by atoms with Crippen molar-refractivity contribution in [2.75, 3.05) is 20.2 Å². The molecular weight excluding hydrogens is 130 g/mol. The van der Waals surface area contributed by atoms with Crippen LogP contribution in [0.1, 0.15) is 19.8 Å². The van der Waals surface area contributed by atoms with Gasteiger partial charge in [0.1, 0.15) is 0 Å². The minimum absolute atomic E-state index is 0.0793. The summed E-state index contributed by atoms with van der Waals surface area (Å²) in [5.41, 5.74) is 0. The van der Waals surface area contributed by atoms with Crippen LogP contribution in [0.5, 0.6) is 0 Å². The summed E-state index contributed by atoms with van der Waals surface area (Å²) in [5.74, 6) is -0.0793. The summed E-state index contributed by atoms with van der Waals surface area (Å²) >= 11 is 0. The molecule has 0 unspecified atom stereocenters. The smallest absolute Gasteiger partial charge is 0.305 e. The van der Waals surface area contributed by atoms with E-state index in [9.17, 15) is 4.79 Å². The van der Waals surface area contributed by atoms with Crippen LogP contribution in [-0.2, 0) is 9.53 Å². The third-order valence-corrected chi connectivity index (χ3v) is 1.18. The lowest BCUT2D eigenvalue weighted by Gasteiger charge is -1.98. The van der Waals surface area contributed by atoms with Gasteiger partial charge in [-0.3, -0.25) is 4.79 Å². The van der Waals surface area contributed by atoms with Crippen molar-refractivity contribution in [1.82, 2.24) is 0 Å². The molecular formula is C7H16NO2+. The number of quaternary nitrogens is 1. The molecule has 0 radical (unpaired) electrons. The van der Waals surface area contributed by atoms with Gasteiger partial charge in [-0.25, -0.2) is 0 Å². The number of ether oxygens (including phenoxy) is 1. The Kier molecular flexibility index (Phi) is 6.18. The average Bonchev–Trinajstić information content (AvgIpc) is 1.89. The van der Waals surface area contributed by atoms with E-state index in [4.69, 9.17) is 4.74 Å². The molecule has 0 aliphatic carbocycles. The molecule has 2 N–H and O–H groups in total. The van der Waals surface area contributed by atoms with Crippen molar-refractivity contribution in [2.24, 2.45) is 0 Å². The lowest BCUT2D eigenvalue weighted by Crippen LogP contribution is -2.79. The lowest BCUT2D eigenvalue weighted by atomic mass is 10.3. The molecule has 0 aromatic heterocycles. The topological polar surface area (TPSA) is 42.9 Å². The first-order valence-electron chi connectivity index (χ1n) is 3.74. The van der Waals surface area contributed by atoms with Crippen molar-refractivity contribution in [2.45, 2.75) is 19.8 Å². The van der Waals surface area contributed by atoms with Crippen LogP contribution in [0, 0.1) is 0 Å². The molecule has 0 aromatic carbocycles. The highest BCUT2D eigenvalue weighted by Gasteiger charge is 1.99. The average molecular weight is 146 g/mol. The van der Waals surface area contributed by atoms with E-state index in [-0.39, 0.29) is 5.97 Å². The molecule has 3 nitrogen and oxygen atoms in total. The Morgan fingerprint density at radius 2 is 2.30 bits per heavy atom. The molecule has 0 aliphatic heterocycles. The zero-order valence-corrected chi connectivity index (χ0v) is 6.72. The Labute approximate surface area is 61.8 Å². The van der Waals surface area contributed by atoms with Crippen LogP contribution in [0.15, 0.2) is 0 Å². The summed E-state index contributed by atoms with van der Waals surface area (Å²) in [6, 6.07) is 0. The van der Waals surface area contributed by atoms with Gasteiger partial charge in [-0.15, -0.1) is 0 Å². The zero-order chi connectivity index (χ0) is 7.82. The standard InChI is InChI=1S/C7H15NO2/c1-3-10-7(9)5-4-6-8-2/h8H,3-6H2,1-2H3/p+1. The number of hydrogen-bond donors (Lipinski definition) is 1. The van der Waals surface area contributed by atoms with E-state index in [0.717, 1.165) is 13.0 Å². The third-order valence-electron chi connectivity index (χ3n) is 1.18. The minimum atomic E-state index is -0.0793. The summed E-state index contributed by atoms with van der Waals surface area (Å²) in [6.45, 7) is 3.32. The molecule has 0 saturated carbocycles. The number of esters is 1. The van der Waals surface area contributed by atoms with Crippen LogP contribution in [0.3, 0.4) is 0 Å². The van der Waals surface area contributed by atoms with E-state index in [1.807, 2.05) is 14.0 Å². The highest BCUT2D eigenvalue weighted by Crippen LogP contribution is 1.88. The maximum absolute atomic E-state index is 10.7. The van der Waals surface area contributed by atoms with Crippen molar-refractivity contribution in [3.05, 3.63) is 0 Å². The molecule has 0 rings (SSSR count). The predicted molar refractivity (Wildman–Crippen MR) is 38.6 cm³/mol. The Morgan fingerprint density at radius 3 is 2.80 bits per heavy atom. The van der Waals surface area contributed by atoms with E-state index in [1.54, 1.807) is 0 Å². The highest BCUT2D eigenvalue weighted by molar-refractivity contribution is 5.69. The molecule has 60 valence electrons. The largest absolute Gasteiger partial charge is 0.466 e. The first-order chi connectivity index (χ1) is 4.81. The monoisotopic (exact) mass is 146 g/mol. The summed E-state index contributed by atoms with van der Waals surface area (Å²) in [5, 5.41) is 2.05. The molecule has 0 heterocycles. The van der Waals surface area contributed by atoms with Gasteiger partial charge in [0.15, 0.2) is 0 Å². The number of carbonyl (C=O) groups is 1. The summed E-state index contributed by atoms with van der Waals surface area (Å²) in [4.78, 5) is 10.7. The quantitative estimate of drug-likeness (QED) is 0.420. The predicted octanol–water partition coefficient (Wildman–Crippen LogP) is -0.477. The molecule has 0 atom stereocenters. The maximum Gasteiger partial charge on any atom is 0.305 e. The normalized spacial score (nSPS) is 9.40. The van der Waals surface area contributed by atoms with Crippen molar-refractivity contribution in [1.29, 1.82) is 0 Å². The van der Waals surface area contributed by atoms with Crippen molar-refractivity contribution in [3.8, 4) is 0 Å². The first kappa shape index (κ1) is 9.43. The number of carbonyl (C=O) groups excluding carboxylic acids is 1. The summed E-state index contributed by atoms with van der Waals surface area (Å²) in [6.07, 6.45) is 1.47. The summed E-state index contributed by atoms with van der Waals surface area (Å²) < 4.78 is 4.74. The molecule has 0 bridgehead atoms. The van der Waals surface area contributed by atoms with Crippen LogP contribution >= 0.6 is 0 Å². The molecule has 0 amide bonds. The van der Waals surface area contributed by atoms with E-state index < -0.39 is 0 Å². The molecule has 0 aromatic rings. The first-order valence-corrected chi connectivity index (χ1v) is 3.74. The Hall–Kier alpha value is -0.570. The van der Waals surface area contributed by atoms with Crippen LogP contribution in [0.2, 0.25) is 0 Å². The number of nitrogens with two attached hydrogens (primary N) is 1. The minimum Gasteiger partial charge on any atom is -0.466 e. The second kappa shape index (κ2) is 6.55. The van der Waals surface area contributed by atoms with Crippen molar-refractivity contribution >= 4 is 5.97 Å². The van der Waals surface area contributed by atoms with Crippen LogP contribution in [-0.4, -0.2) is 26.2 Å². The fourth-order valence-electron chi connectivity index (χ4n) is 0.684. The van der Waals surface area contributed by atoms with Gasteiger partial charge in [0.05, 0.1) is 26.6 Å². The maximum atomic E-state index is 10.7. The number of rotatable bonds is 5. The van der Waals surface area contributed by atoms with E-state index >= 15 is 0 Å². The van der Waals surface area contributed by atoms with Gasteiger partial charge < -0.3 is 10.1 Å². The zero-order valence-electron chi connectivity index (χ0n) is 6.72. The SMILES string of the molecule is CCOC(=O)CCC[NH2+]C. The van der Waals surface area contributed by atoms with E-state index in [1.165, 1.54) is 0 Å². The second-order valence-corrected chi connectivity index (χ2v) is 2.11. The fraction of sp³-hybridized carbons (Fsp3) is 0.857. The van der Waals surface area contributed by atoms with Gasteiger partial charge in [-0.1, -0.05) is 0 Å². The number of hydrogen-bond acceptors (Lipinski definition) is 2. The molecule has 0 spiro atoms. The van der Waals surface area contributed by atoms with E-state index in [0.29, 0.717) is 13.0 Å². The van der Waals surface area contributed by atoms with Crippen LogP contribution in [0.25, 0.3) is 0 Å². The van der Waals surface area contributed by atoms with Crippen LogP contribution in [0.4, 0.5) is 0 Å². The Bertz CT molecular complexity index is 93.6. The molecule has 10 heavy (non-hydrogen) atoms. The Balaban J connectivity index is 3.05. The molecule has 0 saturated heterocycles. The Morgan fingerprint density at radius 1 is 1.60 bits per heavy atom. The van der Waals surface area contributed by atoms with Gasteiger partial charge in [0.25, 0.3) is 0 Å². The van der Waals surface area contributed by atoms with Crippen molar-refractivity contribution in [3.63, 3.8) is 0 Å². The summed E-state index contributed by atoms with van der Waals surface area (Å²) in [7, 11) is 1.99. The second-order valence-electron chi connectivity index (χ2n) is 2.11. The molecule has 3 heteroatoms. The van der Waals surface area contributed by atoms with Gasteiger partial charge in [0, 0.05) is 6.42 Å². The highest BCUT2D eigenvalue weighted by atomic mass is 16.5. The van der Waals surface area contributed by atoms with Gasteiger partial charge in [-0.2, -0.15) is 0 Å². The molecule has 0 aliphatic rings. The van der Waals surface area contributed by atoms with Crippen molar-refractivity contribution < 1.29 is 14.8 Å². The van der Waals surface area contributed by atoms with E-state index in [2.05, 4.69) is 5.32 Å². The van der Waals surface area contributed by atoms with Gasteiger partial charge in [-0.05, 0) is 6.92 Å². The molecule has 0 fully saturated rings. The fourth-order valence-corrected chi connectivity index (χ4v) is 0.684. The lowest BCUT2D eigenvalue weighted by molar-refractivity contribution is -0.627. The van der Waals surface area contributed by atoms with Gasteiger partial charge in [0.2, 0.25) is 0 Å². The van der Waals surface area contributed by atoms with Gasteiger partial charge >= 0.3 is 5.97 Å². The third kappa shape index (κ3) is 5.56.